The van der Waals surface area contributed by atoms with Gasteiger partial charge in [-0.05, 0) is 12.1 Å². The van der Waals surface area contributed by atoms with Crippen molar-refractivity contribution in [3.8, 4) is 11.8 Å². The summed E-state index contributed by atoms with van der Waals surface area (Å²) in [5, 5.41) is 4.52. The van der Waals surface area contributed by atoms with E-state index in [1.165, 1.54) is 4.88 Å². The summed E-state index contributed by atoms with van der Waals surface area (Å²) in [4.78, 5) is 6.80. The number of hydrogen-bond donors (Lipinski definition) is 1. The van der Waals surface area contributed by atoms with Crippen LogP contribution in [0.5, 0.6) is 0 Å². The van der Waals surface area contributed by atoms with Crippen LogP contribution < -0.4 is 5.73 Å². The van der Waals surface area contributed by atoms with E-state index >= 15 is 0 Å². The molecule has 2 heterocycles. The van der Waals surface area contributed by atoms with Crippen LogP contribution in [0.25, 0.3) is 0 Å². The number of nitrogens with zero attached hydrogens (tertiary/aromatic N) is 3. The minimum atomic E-state index is 0.399. The average molecular weight is 274 g/mol. The van der Waals surface area contributed by atoms with Gasteiger partial charge in [-0.15, -0.1) is 11.3 Å². The van der Waals surface area contributed by atoms with Gasteiger partial charge in [0.2, 0.25) is 0 Å². The Morgan fingerprint density at radius 1 is 1.32 bits per heavy atom. The molecule has 0 spiro atoms. The fourth-order valence-corrected chi connectivity index (χ4v) is 2.64. The lowest BCUT2D eigenvalue weighted by Crippen LogP contribution is -2.05. The summed E-state index contributed by atoms with van der Waals surface area (Å²) in [5.41, 5.74) is 5.37. The van der Waals surface area contributed by atoms with Crippen LogP contribution >= 0.6 is 11.3 Å². The van der Waals surface area contributed by atoms with E-state index in [-0.39, 0.29) is 0 Å². The highest BCUT2D eigenvalue weighted by Crippen LogP contribution is 2.17. The van der Waals surface area contributed by atoms with Crippen molar-refractivity contribution in [2.24, 2.45) is 5.73 Å². The monoisotopic (exact) mass is 274 g/mol. The first-order valence-electron chi connectivity index (χ1n) is 6.47. The van der Waals surface area contributed by atoms with E-state index in [2.05, 4.69) is 41.8 Å². The van der Waals surface area contributed by atoms with Gasteiger partial charge in [-0.3, -0.25) is 0 Å². The minimum absolute atomic E-state index is 0.399. The first-order valence-corrected chi connectivity index (χ1v) is 7.28. The summed E-state index contributed by atoms with van der Waals surface area (Å²) >= 11 is 1.69. The van der Waals surface area contributed by atoms with E-state index in [0.29, 0.717) is 6.54 Å². The third kappa shape index (κ3) is 3.43. The van der Waals surface area contributed by atoms with E-state index in [0.717, 1.165) is 35.9 Å². The molecule has 0 fully saturated rings. The van der Waals surface area contributed by atoms with Gasteiger partial charge in [0, 0.05) is 17.7 Å². The molecule has 0 saturated heterocycles. The molecule has 0 bridgehead atoms. The van der Waals surface area contributed by atoms with Crippen LogP contribution in [0.15, 0.2) is 12.1 Å². The molecule has 0 saturated carbocycles. The maximum absolute atomic E-state index is 5.37. The molecule has 5 heteroatoms. The van der Waals surface area contributed by atoms with E-state index < -0.39 is 0 Å². The first kappa shape index (κ1) is 13.8. The Bertz CT molecular complexity index is 600. The zero-order valence-corrected chi connectivity index (χ0v) is 12.1. The molecule has 19 heavy (non-hydrogen) atoms. The molecule has 0 amide bonds. The Morgan fingerprint density at radius 3 is 2.84 bits per heavy atom. The second kappa shape index (κ2) is 6.50. The molecule has 2 N–H and O–H groups in total. The highest BCUT2D eigenvalue weighted by atomic mass is 32.1. The number of hydrogen-bond acceptors (Lipinski definition) is 4. The van der Waals surface area contributed by atoms with E-state index in [1.807, 2.05) is 10.7 Å². The number of thiophene rings is 1. The van der Waals surface area contributed by atoms with Gasteiger partial charge in [-0.1, -0.05) is 25.7 Å². The van der Waals surface area contributed by atoms with Crippen LogP contribution in [0.2, 0.25) is 0 Å². The summed E-state index contributed by atoms with van der Waals surface area (Å²) < 4.78 is 1.99. The number of aromatic nitrogens is 3. The molecule has 0 radical (unpaired) electrons. The Kier molecular flexibility index (Phi) is 4.72. The third-order valence-corrected chi connectivity index (χ3v) is 3.69. The van der Waals surface area contributed by atoms with Gasteiger partial charge < -0.3 is 5.73 Å². The molecular weight excluding hydrogens is 256 g/mol. The minimum Gasteiger partial charge on any atom is -0.320 e. The SMILES string of the molecule is CCc1nc(CC)n(Cc2ccc(C#CCN)s2)n1. The molecule has 0 aromatic carbocycles. The van der Waals surface area contributed by atoms with Gasteiger partial charge in [0.25, 0.3) is 0 Å². The summed E-state index contributed by atoms with van der Waals surface area (Å²) in [5.74, 6) is 7.88. The summed E-state index contributed by atoms with van der Waals surface area (Å²) in [6.45, 7) is 5.35. The predicted molar refractivity (Wildman–Crippen MR) is 78.1 cm³/mol. The molecule has 2 aromatic rings. The molecule has 0 atom stereocenters. The van der Waals surface area contributed by atoms with Gasteiger partial charge in [0.1, 0.15) is 5.82 Å². The van der Waals surface area contributed by atoms with Crippen molar-refractivity contribution < 1.29 is 0 Å². The van der Waals surface area contributed by atoms with Gasteiger partial charge in [0.05, 0.1) is 18.0 Å². The third-order valence-electron chi connectivity index (χ3n) is 2.71. The smallest absolute Gasteiger partial charge is 0.150 e. The van der Waals surface area contributed by atoms with Crippen molar-refractivity contribution in [3.63, 3.8) is 0 Å². The first-order chi connectivity index (χ1) is 9.26. The topological polar surface area (TPSA) is 56.7 Å². The molecular formula is C14H18N4S. The molecule has 0 unspecified atom stereocenters. The van der Waals surface area contributed by atoms with Crippen molar-refractivity contribution in [1.29, 1.82) is 0 Å². The molecule has 0 aliphatic heterocycles. The molecule has 2 rings (SSSR count). The molecule has 4 nitrogen and oxygen atoms in total. The molecule has 0 aliphatic rings. The zero-order valence-electron chi connectivity index (χ0n) is 11.3. The second-order valence-electron chi connectivity index (χ2n) is 4.08. The summed E-state index contributed by atoms with van der Waals surface area (Å²) in [6, 6.07) is 4.13. The highest BCUT2D eigenvalue weighted by molar-refractivity contribution is 7.12. The molecule has 0 aliphatic carbocycles. The maximum atomic E-state index is 5.37. The Balaban J connectivity index is 2.16. The van der Waals surface area contributed by atoms with E-state index in [9.17, 15) is 0 Å². The molecule has 100 valence electrons. The zero-order chi connectivity index (χ0) is 13.7. The van der Waals surface area contributed by atoms with Crippen LogP contribution in [-0.4, -0.2) is 21.3 Å². The Morgan fingerprint density at radius 2 is 2.16 bits per heavy atom. The van der Waals surface area contributed by atoms with Crippen LogP contribution in [0.3, 0.4) is 0 Å². The van der Waals surface area contributed by atoms with Gasteiger partial charge >= 0.3 is 0 Å². The fraction of sp³-hybridized carbons (Fsp3) is 0.429. The number of aryl methyl sites for hydroxylation is 2. The van der Waals surface area contributed by atoms with Crippen molar-refractivity contribution in [3.05, 3.63) is 33.5 Å². The number of nitrogens with two attached hydrogens (primary N) is 1. The largest absolute Gasteiger partial charge is 0.320 e. The van der Waals surface area contributed by atoms with Crippen LogP contribution in [0.1, 0.15) is 35.3 Å². The standard InChI is InChI=1S/C14H18N4S/c1-3-13-16-14(4-2)18(17-13)10-12-8-7-11(19-12)6-5-9-15/h7-8H,3-4,9-10,15H2,1-2H3. The van der Waals surface area contributed by atoms with Gasteiger partial charge in [-0.25, -0.2) is 9.67 Å². The van der Waals surface area contributed by atoms with Gasteiger partial charge in [-0.2, -0.15) is 5.10 Å². The van der Waals surface area contributed by atoms with Crippen molar-refractivity contribution in [1.82, 2.24) is 14.8 Å². The lowest BCUT2D eigenvalue weighted by Gasteiger charge is -2.01. The Hall–Kier alpha value is -1.64. The fourth-order valence-electron chi connectivity index (χ4n) is 1.78. The van der Waals surface area contributed by atoms with Crippen LogP contribution in [0.4, 0.5) is 0 Å². The van der Waals surface area contributed by atoms with Gasteiger partial charge in [0.15, 0.2) is 5.82 Å². The lowest BCUT2D eigenvalue weighted by molar-refractivity contribution is 0.643. The average Bonchev–Trinajstić information content (AvgIpc) is 3.03. The summed E-state index contributed by atoms with van der Waals surface area (Å²) in [7, 11) is 0. The second-order valence-corrected chi connectivity index (χ2v) is 5.25. The molecule has 2 aromatic heterocycles. The Labute approximate surface area is 117 Å². The highest BCUT2D eigenvalue weighted by Gasteiger charge is 2.08. The van der Waals surface area contributed by atoms with Crippen molar-refractivity contribution in [2.45, 2.75) is 33.2 Å². The predicted octanol–water partition coefficient (Wildman–Crippen LogP) is 1.82. The summed E-state index contributed by atoms with van der Waals surface area (Å²) in [6.07, 6.45) is 1.77. The van der Waals surface area contributed by atoms with Crippen molar-refractivity contribution >= 4 is 11.3 Å². The normalized spacial score (nSPS) is 10.3. The van der Waals surface area contributed by atoms with Crippen LogP contribution in [0, 0.1) is 11.8 Å². The van der Waals surface area contributed by atoms with E-state index in [1.54, 1.807) is 11.3 Å². The van der Waals surface area contributed by atoms with Crippen molar-refractivity contribution in [2.75, 3.05) is 6.54 Å². The number of rotatable bonds is 4. The quantitative estimate of drug-likeness (QED) is 0.865. The lowest BCUT2D eigenvalue weighted by atomic mass is 10.4. The van der Waals surface area contributed by atoms with Crippen LogP contribution in [-0.2, 0) is 19.4 Å². The van der Waals surface area contributed by atoms with E-state index in [4.69, 9.17) is 5.73 Å². The maximum Gasteiger partial charge on any atom is 0.150 e.